The quantitative estimate of drug-likeness (QED) is 0.792. The fourth-order valence-corrected chi connectivity index (χ4v) is 2.46. The molecule has 1 heterocycles. The Morgan fingerprint density at radius 1 is 1.62 bits per heavy atom. The van der Waals surface area contributed by atoms with Gasteiger partial charge in [-0.3, -0.25) is 0 Å². The molecular formula is C10H12BrNO. The smallest absolute Gasteiger partial charge is 0.0598 e. The van der Waals surface area contributed by atoms with Crippen LogP contribution in [0.25, 0.3) is 0 Å². The number of benzene rings is 1. The van der Waals surface area contributed by atoms with E-state index in [2.05, 4.69) is 21.2 Å². The topological polar surface area (TPSA) is 32.3 Å². The van der Waals surface area contributed by atoms with Crippen molar-refractivity contribution in [2.45, 2.75) is 18.9 Å². The Hall–Kier alpha value is -0.540. The van der Waals surface area contributed by atoms with Gasteiger partial charge in [-0.25, -0.2) is 0 Å². The molecule has 1 aliphatic heterocycles. The second-order valence-electron chi connectivity index (χ2n) is 3.43. The summed E-state index contributed by atoms with van der Waals surface area (Å²) in [6, 6.07) is 6.06. The molecular weight excluding hydrogens is 230 g/mol. The minimum absolute atomic E-state index is 0.213. The molecule has 0 aromatic heterocycles. The van der Waals surface area contributed by atoms with Crippen LogP contribution in [-0.4, -0.2) is 17.8 Å². The van der Waals surface area contributed by atoms with Crippen LogP contribution in [0.5, 0.6) is 0 Å². The van der Waals surface area contributed by atoms with Gasteiger partial charge in [0.1, 0.15) is 0 Å². The zero-order valence-corrected chi connectivity index (χ0v) is 9.01. The van der Waals surface area contributed by atoms with Gasteiger partial charge >= 0.3 is 0 Å². The van der Waals surface area contributed by atoms with Crippen LogP contribution in [0.3, 0.4) is 0 Å². The van der Waals surface area contributed by atoms with E-state index < -0.39 is 0 Å². The van der Waals surface area contributed by atoms with Crippen molar-refractivity contribution in [3.63, 3.8) is 0 Å². The molecule has 1 aromatic rings. The highest BCUT2D eigenvalue weighted by molar-refractivity contribution is 9.10. The van der Waals surface area contributed by atoms with Crippen LogP contribution in [0.1, 0.15) is 18.4 Å². The predicted molar refractivity (Wildman–Crippen MR) is 57.1 cm³/mol. The first-order valence-electron chi connectivity index (χ1n) is 4.40. The van der Waals surface area contributed by atoms with Crippen molar-refractivity contribution in [1.82, 2.24) is 0 Å². The summed E-state index contributed by atoms with van der Waals surface area (Å²) in [4.78, 5) is 0. The molecule has 0 aliphatic carbocycles. The van der Waals surface area contributed by atoms with Crippen molar-refractivity contribution in [2.24, 2.45) is 0 Å². The first-order chi connectivity index (χ1) is 6.20. The summed E-state index contributed by atoms with van der Waals surface area (Å²) in [5, 5.41) is 12.8. The van der Waals surface area contributed by atoms with Crippen LogP contribution in [0, 0.1) is 0 Å². The lowest BCUT2D eigenvalue weighted by molar-refractivity contribution is 0.169. The fourth-order valence-electron chi connectivity index (χ4n) is 1.80. The van der Waals surface area contributed by atoms with Crippen LogP contribution in [0.4, 0.5) is 5.69 Å². The van der Waals surface area contributed by atoms with E-state index in [1.807, 2.05) is 25.1 Å². The van der Waals surface area contributed by atoms with E-state index in [4.69, 9.17) is 0 Å². The molecule has 0 amide bonds. The maximum Gasteiger partial charge on any atom is 0.0598 e. The molecule has 0 radical (unpaired) electrons. The molecule has 0 saturated carbocycles. The Kier molecular flexibility index (Phi) is 2.30. The summed E-state index contributed by atoms with van der Waals surface area (Å²) in [6.07, 6.45) is -0.299. The van der Waals surface area contributed by atoms with E-state index in [1.54, 1.807) is 0 Å². The van der Waals surface area contributed by atoms with Crippen LogP contribution in [-0.2, 0) is 0 Å². The maximum atomic E-state index is 9.56. The first kappa shape index (κ1) is 9.03. The second-order valence-corrected chi connectivity index (χ2v) is 4.28. The van der Waals surface area contributed by atoms with Crippen molar-refractivity contribution in [2.75, 3.05) is 11.9 Å². The third-order valence-corrected chi connectivity index (χ3v) is 3.21. The number of aliphatic hydroxyl groups excluding tert-OH is 1. The average molecular weight is 242 g/mol. The number of halogens is 1. The average Bonchev–Trinajstić information content (AvgIpc) is 2.49. The van der Waals surface area contributed by atoms with E-state index in [0.717, 1.165) is 16.7 Å². The number of aliphatic hydroxyl groups is 1. The molecule has 2 nitrogen and oxygen atoms in total. The van der Waals surface area contributed by atoms with Gasteiger partial charge in [0.25, 0.3) is 0 Å². The largest absolute Gasteiger partial charge is 0.393 e. The number of rotatable bonds is 1. The molecule has 13 heavy (non-hydrogen) atoms. The van der Waals surface area contributed by atoms with Crippen LogP contribution < -0.4 is 5.32 Å². The van der Waals surface area contributed by atoms with Gasteiger partial charge in [-0.2, -0.15) is 0 Å². The molecule has 70 valence electrons. The van der Waals surface area contributed by atoms with E-state index in [1.165, 1.54) is 5.56 Å². The molecule has 0 fully saturated rings. The van der Waals surface area contributed by atoms with Gasteiger partial charge in [0.05, 0.1) is 6.10 Å². The minimum atomic E-state index is -0.299. The molecule has 2 rings (SSSR count). The molecule has 0 spiro atoms. The zero-order chi connectivity index (χ0) is 9.42. The molecule has 1 aliphatic rings. The van der Waals surface area contributed by atoms with Crippen LogP contribution >= 0.6 is 15.9 Å². The summed E-state index contributed by atoms with van der Waals surface area (Å²) in [6.45, 7) is 2.66. The summed E-state index contributed by atoms with van der Waals surface area (Å²) >= 11 is 3.50. The Bertz CT molecular complexity index is 325. The van der Waals surface area contributed by atoms with E-state index in [-0.39, 0.29) is 12.0 Å². The maximum absolute atomic E-state index is 9.56. The van der Waals surface area contributed by atoms with Gasteiger partial charge < -0.3 is 10.4 Å². The van der Waals surface area contributed by atoms with Crippen LogP contribution in [0.2, 0.25) is 0 Å². The van der Waals surface area contributed by atoms with Gasteiger partial charge in [-0.1, -0.05) is 22.0 Å². The zero-order valence-electron chi connectivity index (χ0n) is 7.42. The molecule has 2 unspecified atom stereocenters. The van der Waals surface area contributed by atoms with Gasteiger partial charge in [-0.15, -0.1) is 0 Å². The third-order valence-electron chi connectivity index (χ3n) is 2.52. The number of nitrogens with one attached hydrogen (secondary N) is 1. The Balaban J connectivity index is 2.46. The highest BCUT2D eigenvalue weighted by Crippen LogP contribution is 2.38. The second kappa shape index (κ2) is 3.31. The van der Waals surface area contributed by atoms with E-state index >= 15 is 0 Å². The lowest BCUT2D eigenvalue weighted by atomic mass is 9.97. The van der Waals surface area contributed by atoms with Gasteiger partial charge in [-0.05, 0) is 24.6 Å². The number of hydrogen-bond acceptors (Lipinski definition) is 2. The van der Waals surface area contributed by atoms with Crippen molar-refractivity contribution in [1.29, 1.82) is 0 Å². The predicted octanol–water partition coefficient (Wildman–Crippen LogP) is 2.34. The normalized spacial score (nSPS) is 22.2. The lowest BCUT2D eigenvalue weighted by Crippen LogP contribution is -2.16. The molecule has 1 aromatic carbocycles. The molecule has 0 bridgehead atoms. The van der Waals surface area contributed by atoms with Crippen molar-refractivity contribution in [3.8, 4) is 0 Å². The molecule has 2 N–H and O–H groups in total. The molecule has 2 atom stereocenters. The Labute approximate surface area is 86.1 Å². The van der Waals surface area contributed by atoms with Gasteiger partial charge in [0.15, 0.2) is 0 Å². The van der Waals surface area contributed by atoms with Crippen molar-refractivity contribution < 1.29 is 5.11 Å². The first-order valence-corrected chi connectivity index (χ1v) is 5.20. The van der Waals surface area contributed by atoms with Gasteiger partial charge in [0, 0.05) is 22.6 Å². The number of hydrogen-bond donors (Lipinski definition) is 2. The number of anilines is 1. The number of fused-ring (bicyclic) bond motifs is 1. The van der Waals surface area contributed by atoms with Crippen LogP contribution in [0.15, 0.2) is 22.7 Å². The van der Waals surface area contributed by atoms with Crippen molar-refractivity contribution in [3.05, 3.63) is 28.2 Å². The Morgan fingerprint density at radius 3 is 3.08 bits per heavy atom. The fraction of sp³-hybridized carbons (Fsp3) is 0.400. The monoisotopic (exact) mass is 241 g/mol. The van der Waals surface area contributed by atoms with Gasteiger partial charge in [0.2, 0.25) is 0 Å². The summed E-state index contributed by atoms with van der Waals surface area (Å²) in [5.74, 6) is 0.213. The molecule has 0 saturated heterocycles. The summed E-state index contributed by atoms with van der Waals surface area (Å²) in [5.41, 5.74) is 2.35. The van der Waals surface area contributed by atoms with Crippen molar-refractivity contribution >= 4 is 21.6 Å². The third kappa shape index (κ3) is 1.46. The summed E-state index contributed by atoms with van der Waals surface area (Å²) < 4.78 is 1.08. The highest BCUT2D eigenvalue weighted by Gasteiger charge is 2.27. The summed E-state index contributed by atoms with van der Waals surface area (Å²) in [7, 11) is 0. The minimum Gasteiger partial charge on any atom is -0.393 e. The van der Waals surface area contributed by atoms with E-state index in [9.17, 15) is 5.11 Å². The SMILES string of the molecule is CC(O)C1CNc2cccc(Br)c21. The molecule has 3 heteroatoms. The van der Waals surface area contributed by atoms with E-state index in [0.29, 0.717) is 0 Å². The lowest BCUT2D eigenvalue weighted by Gasteiger charge is -2.14. The standard InChI is InChI=1S/C10H12BrNO/c1-6(13)7-5-12-9-4-2-3-8(11)10(7)9/h2-4,6-7,12-13H,5H2,1H3. The highest BCUT2D eigenvalue weighted by atomic mass is 79.9. The Morgan fingerprint density at radius 2 is 2.38 bits per heavy atom.